The Hall–Kier alpha value is 0.540. The minimum atomic E-state index is -0.531. The van der Waals surface area contributed by atoms with Crippen LogP contribution in [0.15, 0.2) is 12.1 Å². The number of rotatable bonds is 1. The molecule has 11 heavy (non-hydrogen) atoms. The van der Waals surface area contributed by atoms with Crippen LogP contribution < -0.4 is 17.2 Å². The summed E-state index contributed by atoms with van der Waals surface area (Å²) in [6.07, 6.45) is 0. The number of hydrogen-bond acceptors (Lipinski definition) is 0. The molecule has 0 spiro atoms. The zero-order chi connectivity index (χ0) is 8.43. The van der Waals surface area contributed by atoms with Gasteiger partial charge >= 0.3 is 84.5 Å². The number of halogens is 4. The fourth-order valence-electron chi connectivity index (χ4n) is 0.688. The van der Waals surface area contributed by atoms with Gasteiger partial charge in [-0.15, -0.1) is 0 Å². The van der Waals surface area contributed by atoms with Crippen LogP contribution in [-0.4, -0.2) is 0 Å². The van der Waals surface area contributed by atoms with Crippen LogP contribution in [0.25, 0.3) is 0 Å². The van der Waals surface area contributed by atoms with E-state index in [2.05, 4.69) is 18.6 Å². The van der Waals surface area contributed by atoms with Gasteiger partial charge < -0.3 is 0 Å². The van der Waals surface area contributed by atoms with Crippen LogP contribution in [0.5, 0.6) is 0 Å². The van der Waals surface area contributed by atoms with Gasteiger partial charge in [-0.3, -0.25) is 0 Å². The van der Waals surface area contributed by atoms with Gasteiger partial charge in [0.05, 0.1) is 0 Å². The predicted molar refractivity (Wildman–Crippen MR) is 43.8 cm³/mol. The van der Waals surface area contributed by atoms with Gasteiger partial charge in [0.25, 0.3) is 0 Å². The molecule has 0 amide bonds. The van der Waals surface area contributed by atoms with E-state index in [0.717, 1.165) is 0 Å². The summed E-state index contributed by atoms with van der Waals surface area (Å²) in [5.41, 5.74) is 0.526. The van der Waals surface area contributed by atoms with Crippen molar-refractivity contribution in [2.24, 2.45) is 0 Å². The van der Waals surface area contributed by atoms with E-state index in [1.54, 1.807) is 6.92 Å². The number of aryl methyl sites for hydroxylation is 1. The summed E-state index contributed by atoms with van der Waals surface area (Å²) in [5.74, 6) is -0.775. The third kappa shape index (κ3) is 2.01. The van der Waals surface area contributed by atoms with Gasteiger partial charge in [-0.05, 0) is 0 Å². The Balaban J connectivity index is 3.29. The van der Waals surface area contributed by atoms with E-state index < -0.39 is 23.0 Å². The maximum atomic E-state index is 13.0. The third-order valence-electron chi connectivity index (χ3n) is 1.30. The van der Waals surface area contributed by atoms with Crippen LogP contribution in [0.2, 0.25) is 0 Å². The molecule has 0 aliphatic heterocycles. The Morgan fingerprint density at radius 2 is 2.00 bits per heavy atom. The summed E-state index contributed by atoms with van der Waals surface area (Å²) >= 11 is 1.52. The average molecular weight is 381 g/mol. The monoisotopic (exact) mass is 381 g/mol. The van der Waals surface area contributed by atoms with Gasteiger partial charge in [-0.25, -0.2) is 0 Å². The first-order valence-electron chi connectivity index (χ1n) is 2.87. The molecule has 0 aliphatic rings. The van der Waals surface area contributed by atoms with Gasteiger partial charge in [0.2, 0.25) is 0 Å². The first kappa shape index (κ1) is 9.63. The molecule has 4 heteroatoms. The molecule has 0 saturated carbocycles. The fraction of sp³-hybridized carbons (Fsp3) is 0.143. The van der Waals surface area contributed by atoms with E-state index in [1.165, 1.54) is 12.1 Å². The van der Waals surface area contributed by atoms with Crippen molar-refractivity contribution in [3.63, 3.8) is 0 Å². The van der Waals surface area contributed by atoms with Crippen LogP contribution in [-0.2, 0) is 0 Å². The summed E-state index contributed by atoms with van der Waals surface area (Å²) in [6.45, 7) is 1.65. The molecule has 0 N–H and O–H groups in total. The van der Waals surface area contributed by atoms with Crippen LogP contribution in [0.3, 0.4) is 0 Å². The minimum absolute atomic E-state index is 0.282. The molecule has 0 aliphatic carbocycles. The first-order chi connectivity index (χ1) is 5.16. The van der Waals surface area contributed by atoms with Crippen LogP contribution in [0.1, 0.15) is 5.56 Å². The van der Waals surface area contributed by atoms with Crippen LogP contribution in [0.4, 0.5) is 8.78 Å². The Bertz CT molecular complexity index is 273. The Kier molecular flexibility index (Phi) is 3.48. The summed E-state index contributed by atoms with van der Waals surface area (Å²) in [4.78, 5) is 0. The van der Waals surface area contributed by atoms with Gasteiger partial charge in [-0.2, -0.15) is 0 Å². The van der Waals surface area contributed by atoms with Crippen molar-refractivity contribution in [1.82, 2.24) is 0 Å². The van der Waals surface area contributed by atoms with Gasteiger partial charge in [0.15, 0.2) is 0 Å². The van der Waals surface area contributed by atoms with Crippen LogP contribution in [0, 0.1) is 22.1 Å². The van der Waals surface area contributed by atoms with E-state index in [9.17, 15) is 8.78 Å². The molecule has 0 bridgehead atoms. The van der Waals surface area contributed by atoms with Crippen LogP contribution >= 0.6 is 18.6 Å². The van der Waals surface area contributed by atoms with Crippen molar-refractivity contribution in [2.75, 3.05) is 0 Å². The Morgan fingerprint density at radius 3 is 2.45 bits per heavy atom. The van der Waals surface area contributed by atoms with E-state index in [-0.39, 0.29) is 9.39 Å². The molecule has 0 fully saturated rings. The summed E-state index contributed by atoms with van der Waals surface area (Å²) in [7, 11) is 0. The van der Waals surface area contributed by atoms with Crippen molar-refractivity contribution >= 4 is 18.6 Å². The second kappa shape index (κ2) is 3.97. The normalized spacial score (nSPS) is 10.5. The fourth-order valence-corrected chi connectivity index (χ4v) is 4.17. The van der Waals surface area contributed by atoms with Gasteiger partial charge in [0, 0.05) is 0 Å². The van der Waals surface area contributed by atoms with Gasteiger partial charge in [-0.1, -0.05) is 0 Å². The molecule has 0 nitrogen and oxygen atoms in total. The number of hydrogen-bond donors (Lipinski definition) is 0. The molecule has 1 aromatic rings. The topological polar surface area (TPSA) is 0 Å². The number of benzene rings is 1. The average Bonchev–Trinajstić information content (AvgIpc) is 1.99. The molecule has 0 unspecified atom stereocenters. The molecule has 1 aromatic carbocycles. The van der Waals surface area contributed by atoms with Crippen molar-refractivity contribution in [1.29, 1.82) is 0 Å². The molecule has 0 atom stereocenters. The molecule has 1 rings (SSSR count). The summed E-state index contributed by atoms with van der Waals surface area (Å²) in [6, 6.07) is 2.79. The van der Waals surface area contributed by atoms with E-state index in [0.29, 0.717) is 5.56 Å². The molecular formula is C7H5F2I2-. The van der Waals surface area contributed by atoms with E-state index in [1.807, 2.05) is 0 Å². The zero-order valence-electron chi connectivity index (χ0n) is 5.67. The van der Waals surface area contributed by atoms with E-state index >= 15 is 0 Å². The predicted octanol–water partition coefficient (Wildman–Crippen LogP) is -0.118. The second-order valence-electron chi connectivity index (χ2n) is 2.06. The molecule has 0 heterocycles. The standard InChI is InChI=1S/C7H5F2I2/c1-4-2-3-5(8)7(11-10)6(4)9/h2-3H,1H3/q-1. The van der Waals surface area contributed by atoms with Crippen molar-refractivity contribution in [2.45, 2.75) is 6.92 Å². The molecule has 62 valence electrons. The SMILES string of the molecule is Cc1ccc(F)c([I-]I)c1F. The molecular weight excluding hydrogens is 376 g/mol. The van der Waals surface area contributed by atoms with Crippen molar-refractivity contribution < 1.29 is 26.0 Å². The van der Waals surface area contributed by atoms with Gasteiger partial charge in [0.1, 0.15) is 0 Å². The first-order valence-corrected chi connectivity index (χ1v) is 10.2. The summed E-state index contributed by atoms with van der Waals surface area (Å²) < 4.78 is 26.1. The molecule has 0 saturated heterocycles. The maximum absolute atomic E-state index is 13.0. The van der Waals surface area contributed by atoms with Crippen molar-refractivity contribution in [3.8, 4) is 0 Å². The Morgan fingerprint density at radius 1 is 1.36 bits per heavy atom. The molecule has 0 radical (unpaired) electrons. The van der Waals surface area contributed by atoms with E-state index in [4.69, 9.17) is 0 Å². The van der Waals surface area contributed by atoms with Crippen molar-refractivity contribution in [3.05, 3.63) is 32.9 Å². The summed E-state index contributed by atoms with van der Waals surface area (Å²) in [5, 5.41) is 0. The quantitative estimate of drug-likeness (QED) is 0.471. The third-order valence-corrected chi connectivity index (χ3v) is 5.43. The zero-order valence-corrected chi connectivity index (χ0v) is 9.98. The second-order valence-corrected chi connectivity index (χ2v) is 6.29. The Labute approximate surface area is 83.8 Å². The molecule has 0 aromatic heterocycles.